The van der Waals surface area contributed by atoms with Crippen LogP contribution in [0.15, 0.2) is 18.3 Å². The van der Waals surface area contributed by atoms with Crippen molar-refractivity contribution in [2.24, 2.45) is 0 Å². The minimum absolute atomic E-state index is 0.441. The Balaban J connectivity index is 1.78. The number of aromatic nitrogens is 3. The summed E-state index contributed by atoms with van der Waals surface area (Å²) in [6.07, 6.45) is 5.84. The number of hydrogen-bond acceptors (Lipinski definition) is 3. The average Bonchev–Trinajstić information content (AvgIpc) is 2.84. The SMILES string of the molecule is ClCc1nc2cccnc2n1CCN1CCCCC1. The van der Waals surface area contributed by atoms with Gasteiger partial charge < -0.3 is 9.47 Å². The van der Waals surface area contributed by atoms with Crippen LogP contribution in [0.25, 0.3) is 11.2 Å². The van der Waals surface area contributed by atoms with Crippen molar-refractivity contribution in [2.45, 2.75) is 31.7 Å². The zero-order chi connectivity index (χ0) is 13.1. The highest BCUT2D eigenvalue weighted by atomic mass is 35.5. The monoisotopic (exact) mass is 278 g/mol. The Bertz CT molecular complexity index is 545. The van der Waals surface area contributed by atoms with Gasteiger partial charge in [-0.1, -0.05) is 6.42 Å². The van der Waals surface area contributed by atoms with Crippen molar-refractivity contribution in [2.75, 3.05) is 19.6 Å². The summed E-state index contributed by atoms with van der Waals surface area (Å²) in [4.78, 5) is 11.5. The molecule has 0 bridgehead atoms. The fraction of sp³-hybridized carbons (Fsp3) is 0.571. The third-order valence-corrected chi connectivity index (χ3v) is 4.03. The van der Waals surface area contributed by atoms with Crippen molar-refractivity contribution in [3.05, 3.63) is 24.2 Å². The summed E-state index contributed by atoms with van der Waals surface area (Å²) < 4.78 is 2.16. The summed E-state index contributed by atoms with van der Waals surface area (Å²) in [5, 5.41) is 0. The van der Waals surface area contributed by atoms with Gasteiger partial charge in [0.05, 0.1) is 5.88 Å². The first-order valence-electron chi connectivity index (χ1n) is 6.97. The molecule has 0 atom stereocenters. The van der Waals surface area contributed by atoms with Crippen LogP contribution in [0.3, 0.4) is 0 Å². The smallest absolute Gasteiger partial charge is 0.160 e. The number of pyridine rings is 1. The summed E-state index contributed by atoms with van der Waals surface area (Å²) in [5.41, 5.74) is 1.90. The number of likely N-dealkylation sites (tertiary alicyclic amines) is 1. The predicted octanol–water partition coefficient (Wildman–Crippen LogP) is 2.66. The van der Waals surface area contributed by atoms with E-state index in [2.05, 4.69) is 19.4 Å². The normalized spacial score (nSPS) is 17.1. The molecule has 0 amide bonds. The molecule has 2 aromatic rings. The van der Waals surface area contributed by atoms with Gasteiger partial charge in [0.15, 0.2) is 5.65 Å². The van der Waals surface area contributed by atoms with E-state index >= 15 is 0 Å². The molecule has 1 aliphatic heterocycles. The van der Waals surface area contributed by atoms with Gasteiger partial charge in [-0.05, 0) is 38.1 Å². The number of rotatable bonds is 4. The lowest BCUT2D eigenvalue weighted by Gasteiger charge is -2.26. The van der Waals surface area contributed by atoms with Crippen molar-refractivity contribution in [1.29, 1.82) is 0 Å². The summed E-state index contributed by atoms with van der Waals surface area (Å²) >= 11 is 6.00. The van der Waals surface area contributed by atoms with E-state index in [1.807, 2.05) is 18.3 Å². The fourth-order valence-electron chi connectivity index (χ4n) is 2.77. The zero-order valence-electron chi connectivity index (χ0n) is 11.1. The first-order valence-corrected chi connectivity index (χ1v) is 7.50. The molecule has 3 rings (SSSR count). The lowest BCUT2D eigenvalue weighted by atomic mass is 10.1. The van der Waals surface area contributed by atoms with Crippen LogP contribution >= 0.6 is 11.6 Å². The van der Waals surface area contributed by atoms with E-state index in [4.69, 9.17) is 11.6 Å². The number of alkyl halides is 1. The molecule has 0 radical (unpaired) electrons. The first kappa shape index (κ1) is 12.9. The number of hydrogen-bond donors (Lipinski definition) is 0. The van der Waals surface area contributed by atoms with Gasteiger partial charge in [-0.25, -0.2) is 9.97 Å². The Morgan fingerprint density at radius 3 is 2.79 bits per heavy atom. The standard InChI is InChI=1S/C14H19ClN4/c15-11-13-17-12-5-4-6-16-14(12)19(13)10-9-18-7-2-1-3-8-18/h4-6H,1-3,7-11H2. The number of nitrogens with zero attached hydrogens (tertiary/aromatic N) is 4. The largest absolute Gasteiger partial charge is 0.310 e. The van der Waals surface area contributed by atoms with Crippen LogP contribution < -0.4 is 0 Å². The van der Waals surface area contributed by atoms with Crippen LogP contribution in [0.2, 0.25) is 0 Å². The molecule has 0 unspecified atom stereocenters. The van der Waals surface area contributed by atoms with Gasteiger partial charge in [0, 0.05) is 19.3 Å². The van der Waals surface area contributed by atoms with E-state index < -0.39 is 0 Å². The van der Waals surface area contributed by atoms with E-state index in [0.717, 1.165) is 30.1 Å². The Hall–Kier alpha value is -1.13. The fourth-order valence-corrected chi connectivity index (χ4v) is 2.97. The molecule has 4 nitrogen and oxygen atoms in total. The van der Waals surface area contributed by atoms with Crippen LogP contribution in [0.5, 0.6) is 0 Å². The van der Waals surface area contributed by atoms with E-state index in [-0.39, 0.29) is 0 Å². The van der Waals surface area contributed by atoms with Crippen LogP contribution in [0, 0.1) is 0 Å². The summed E-state index contributed by atoms with van der Waals surface area (Å²) in [6, 6.07) is 3.91. The molecule has 0 N–H and O–H groups in total. The molecule has 0 aromatic carbocycles. The molecule has 1 fully saturated rings. The molecule has 0 aliphatic carbocycles. The van der Waals surface area contributed by atoms with Crippen LogP contribution in [-0.2, 0) is 12.4 Å². The number of halogens is 1. The highest BCUT2D eigenvalue weighted by molar-refractivity contribution is 6.16. The zero-order valence-corrected chi connectivity index (χ0v) is 11.8. The minimum Gasteiger partial charge on any atom is -0.310 e. The number of piperidine rings is 1. The summed E-state index contributed by atoms with van der Waals surface area (Å²) in [6.45, 7) is 4.42. The van der Waals surface area contributed by atoms with Crippen molar-refractivity contribution < 1.29 is 0 Å². The van der Waals surface area contributed by atoms with Gasteiger partial charge in [-0.3, -0.25) is 0 Å². The van der Waals surface area contributed by atoms with Crippen molar-refractivity contribution >= 4 is 22.8 Å². The van der Waals surface area contributed by atoms with Crippen molar-refractivity contribution in [3.63, 3.8) is 0 Å². The second-order valence-electron chi connectivity index (χ2n) is 5.06. The third-order valence-electron chi connectivity index (χ3n) is 3.79. The van der Waals surface area contributed by atoms with E-state index in [1.54, 1.807) is 0 Å². The minimum atomic E-state index is 0.441. The topological polar surface area (TPSA) is 34.0 Å². The average molecular weight is 279 g/mol. The Labute approximate surface area is 118 Å². The molecule has 0 spiro atoms. The highest BCUT2D eigenvalue weighted by Crippen LogP contribution is 2.16. The van der Waals surface area contributed by atoms with Gasteiger partial charge in [-0.15, -0.1) is 11.6 Å². The Morgan fingerprint density at radius 1 is 1.16 bits per heavy atom. The van der Waals surface area contributed by atoms with Gasteiger partial charge in [-0.2, -0.15) is 0 Å². The van der Waals surface area contributed by atoms with Crippen LogP contribution in [-0.4, -0.2) is 39.1 Å². The van der Waals surface area contributed by atoms with Crippen LogP contribution in [0.4, 0.5) is 0 Å². The Kier molecular flexibility index (Phi) is 3.99. The molecule has 1 saturated heterocycles. The second kappa shape index (κ2) is 5.88. The number of imidazole rings is 1. The van der Waals surface area contributed by atoms with Gasteiger partial charge in [0.1, 0.15) is 11.3 Å². The maximum Gasteiger partial charge on any atom is 0.160 e. The quantitative estimate of drug-likeness (QED) is 0.807. The molecule has 5 heteroatoms. The van der Waals surface area contributed by atoms with Crippen LogP contribution in [0.1, 0.15) is 25.1 Å². The van der Waals surface area contributed by atoms with E-state index in [9.17, 15) is 0 Å². The van der Waals surface area contributed by atoms with Gasteiger partial charge >= 0.3 is 0 Å². The highest BCUT2D eigenvalue weighted by Gasteiger charge is 2.13. The second-order valence-corrected chi connectivity index (χ2v) is 5.33. The predicted molar refractivity (Wildman–Crippen MR) is 77.4 cm³/mol. The van der Waals surface area contributed by atoms with E-state index in [1.165, 1.54) is 32.4 Å². The van der Waals surface area contributed by atoms with Crippen molar-refractivity contribution in [3.8, 4) is 0 Å². The maximum atomic E-state index is 6.00. The maximum absolute atomic E-state index is 6.00. The molecule has 102 valence electrons. The molecular weight excluding hydrogens is 260 g/mol. The van der Waals surface area contributed by atoms with Crippen molar-refractivity contribution in [1.82, 2.24) is 19.4 Å². The van der Waals surface area contributed by atoms with Gasteiger partial charge in [0.2, 0.25) is 0 Å². The molecule has 2 aromatic heterocycles. The Morgan fingerprint density at radius 2 is 2.00 bits per heavy atom. The molecular formula is C14H19ClN4. The molecule has 3 heterocycles. The third kappa shape index (κ3) is 2.74. The summed E-state index contributed by atoms with van der Waals surface area (Å²) in [7, 11) is 0. The van der Waals surface area contributed by atoms with Gasteiger partial charge in [0.25, 0.3) is 0 Å². The lowest BCUT2D eigenvalue weighted by molar-refractivity contribution is 0.221. The number of fused-ring (bicyclic) bond motifs is 1. The molecule has 19 heavy (non-hydrogen) atoms. The summed E-state index contributed by atoms with van der Waals surface area (Å²) in [5.74, 6) is 1.36. The molecule has 1 aliphatic rings. The first-order chi connectivity index (χ1) is 9.38. The van der Waals surface area contributed by atoms with E-state index in [0.29, 0.717) is 5.88 Å². The molecule has 0 saturated carbocycles. The lowest BCUT2D eigenvalue weighted by Crippen LogP contribution is -2.32.